The lowest BCUT2D eigenvalue weighted by atomic mass is 10.3. The monoisotopic (exact) mass is 258 g/mol. The molecule has 0 bridgehead atoms. The van der Waals surface area contributed by atoms with Gasteiger partial charge in [0.25, 0.3) is 0 Å². The lowest BCUT2D eigenvalue weighted by Gasteiger charge is -2.11. The molecule has 1 unspecified atom stereocenters. The topological polar surface area (TPSA) is 79.4 Å². The first-order chi connectivity index (χ1) is 7.66. The van der Waals surface area contributed by atoms with Crippen LogP contribution in [0.25, 0.3) is 0 Å². The quantitative estimate of drug-likeness (QED) is 0.882. The number of nitrogens with zero attached hydrogens (tertiary/aromatic N) is 4. The van der Waals surface area contributed by atoms with Gasteiger partial charge in [-0.1, -0.05) is 28.4 Å². The van der Waals surface area contributed by atoms with Crippen LogP contribution in [0.5, 0.6) is 0 Å². The summed E-state index contributed by atoms with van der Waals surface area (Å²) in [7, 11) is 0. The number of hydrogen-bond acceptors (Lipinski definition) is 5. The largest absolute Gasteiger partial charge is 0.359 e. The Labute approximate surface area is 101 Å². The Hall–Kier alpha value is -1.40. The average Bonchev–Trinajstić information content (AvgIpc) is 2.75. The zero-order valence-electron chi connectivity index (χ0n) is 8.28. The fraction of sp³-hybridized carbons (Fsp3) is 0.250. The summed E-state index contributed by atoms with van der Waals surface area (Å²) in [6.45, 7) is 1.87. The van der Waals surface area contributed by atoms with Gasteiger partial charge in [0.05, 0.1) is 16.1 Å². The van der Waals surface area contributed by atoms with E-state index in [4.69, 9.17) is 23.2 Å². The number of anilines is 1. The third kappa shape index (κ3) is 2.40. The molecule has 0 aromatic carbocycles. The van der Waals surface area contributed by atoms with Crippen LogP contribution >= 0.6 is 23.2 Å². The van der Waals surface area contributed by atoms with Crippen molar-refractivity contribution in [3.8, 4) is 0 Å². The number of tetrazole rings is 1. The molecule has 2 aromatic rings. The molecule has 0 saturated heterocycles. The van der Waals surface area contributed by atoms with Gasteiger partial charge < -0.3 is 5.32 Å². The highest BCUT2D eigenvalue weighted by Crippen LogP contribution is 2.25. The molecule has 0 amide bonds. The summed E-state index contributed by atoms with van der Waals surface area (Å²) in [5, 5.41) is 17.5. The Kier molecular flexibility index (Phi) is 3.21. The van der Waals surface area contributed by atoms with E-state index in [1.165, 1.54) is 6.20 Å². The summed E-state index contributed by atoms with van der Waals surface area (Å²) in [4.78, 5) is 4.07. The lowest BCUT2D eigenvalue weighted by Crippen LogP contribution is -2.10. The molecule has 84 valence electrons. The fourth-order valence-corrected chi connectivity index (χ4v) is 1.58. The van der Waals surface area contributed by atoms with Crippen LogP contribution < -0.4 is 5.32 Å². The first-order valence-corrected chi connectivity index (χ1v) is 5.23. The zero-order valence-corrected chi connectivity index (χ0v) is 9.79. The highest BCUT2D eigenvalue weighted by Gasteiger charge is 2.12. The third-order valence-corrected chi connectivity index (χ3v) is 2.40. The Morgan fingerprint density at radius 2 is 2.25 bits per heavy atom. The third-order valence-electron chi connectivity index (χ3n) is 1.91. The van der Waals surface area contributed by atoms with Gasteiger partial charge in [-0.15, -0.1) is 10.2 Å². The van der Waals surface area contributed by atoms with E-state index in [1.54, 1.807) is 6.07 Å². The first kappa shape index (κ1) is 11.1. The van der Waals surface area contributed by atoms with Gasteiger partial charge in [0.2, 0.25) is 0 Å². The second-order valence-corrected chi connectivity index (χ2v) is 3.96. The number of pyridine rings is 1. The van der Waals surface area contributed by atoms with Crippen LogP contribution in [0.4, 0.5) is 5.82 Å². The Morgan fingerprint density at radius 3 is 2.88 bits per heavy atom. The maximum absolute atomic E-state index is 5.96. The summed E-state index contributed by atoms with van der Waals surface area (Å²) < 4.78 is 0. The van der Waals surface area contributed by atoms with Crippen LogP contribution in [-0.2, 0) is 0 Å². The van der Waals surface area contributed by atoms with E-state index in [2.05, 4.69) is 30.9 Å². The van der Waals surface area contributed by atoms with Gasteiger partial charge in [0, 0.05) is 6.20 Å². The minimum atomic E-state index is -0.148. The highest BCUT2D eigenvalue weighted by atomic mass is 35.5. The predicted octanol–water partition coefficient (Wildman–Crippen LogP) is 2.07. The van der Waals surface area contributed by atoms with Crippen molar-refractivity contribution in [2.45, 2.75) is 13.0 Å². The molecule has 2 aromatic heterocycles. The molecule has 1 atom stereocenters. The molecule has 0 aliphatic carbocycles. The zero-order chi connectivity index (χ0) is 11.5. The summed E-state index contributed by atoms with van der Waals surface area (Å²) in [6.07, 6.45) is 1.51. The van der Waals surface area contributed by atoms with Crippen molar-refractivity contribution in [3.63, 3.8) is 0 Å². The van der Waals surface area contributed by atoms with Crippen LogP contribution in [0.1, 0.15) is 18.8 Å². The molecule has 0 radical (unpaired) electrons. The Balaban J connectivity index is 2.15. The minimum Gasteiger partial charge on any atom is -0.359 e. The standard InChI is InChI=1S/C8H8Cl2N6/c1-4(7-13-15-16-14-7)12-8-6(10)2-5(9)3-11-8/h2-4H,1H3,(H,11,12)(H,13,14,15,16). The highest BCUT2D eigenvalue weighted by molar-refractivity contribution is 6.35. The number of halogens is 2. The van der Waals surface area contributed by atoms with E-state index < -0.39 is 0 Å². The van der Waals surface area contributed by atoms with Crippen molar-refractivity contribution in [1.29, 1.82) is 0 Å². The Morgan fingerprint density at radius 1 is 1.44 bits per heavy atom. The first-order valence-electron chi connectivity index (χ1n) is 4.47. The maximum atomic E-state index is 5.96. The van der Waals surface area contributed by atoms with E-state index in [-0.39, 0.29) is 6.04 Å². The molecule has 6 nitrogen and oxygen atoms in total. The van der Waals surface area contributed by atoms with E-state index in [1.807, 2.05) is 6.92 Å². The number of aromatic nitrogens is 5. The molecule has 2 rings (SSSR count). The number of nitrogens with one attached hydrogen (secondary N) is 2. The molecule has 8 heteroatoms. The smallest absolute Gasteiger partial charge is 0.196 e. The average molecular weight is 259 g/mol. The molecule has 2 N–H and O–H groups in total. The summed E-state index contributed by atoms with van der Waals surface area (Å²) in [5.74, 6) is 1.07. The van der Waals surface area contributed by atoms with Crippen molar-refractivity contribution in [1.82, 2.24) is 25.6 Å². The van der Waals surface area contributed by atoms with Crippen LogP contribution in [0.15, 0.2) is 12.3 Å². The molecule has 0 saturated carbocycles. The van der Waals surface area contributed by atoms with Gasteiger partial charge in [0.15, 0.2) is 5.82 Å². The van der Waals surface area contributed by atoms with E-state index in [0.29, 0.717) is 21.7 Å². The molecule has 2 heterocycles. The number of aromatic amines is 1. The number of rotatable bonds is 3. The van der Waals surface area contributed by atoms with Crippen molar-refractivity contribution in [3.05, 3.63) is 28.1 Å². The second kappa shape index (κ2) is 4.63. The van der Waals surface area contributed by atoms with Crippen molar-refractivity contribution >= 4 is 29.0 Å². The van der Waals surface area contributed by atoms with Gasteiger partial charge >= 0.3 is 0 Å². The fourth-order valence-electron chi connectivity index (χ4n) is 1.14. The van der Waals surface area contributed by atoms with E-state index in [0.717, 1.165) is 0 Å². The Bertz CT molecular complexity index is 471. The van der Waals surface area contributed by atoms with Crippen LogP contribution in [0.2, 0.25) is 10.0 Å². The van der Waals surface area contributed by atoms with E-state index >= 15 is 0 Å². The van der Waals surface area contributed by atoms with Crippen molar-refractivity contribution in [2.24, 2.45) is 0 Å². The second-order valence-electron chi connectivity index (χ2n) is 3.12. The van der Waals surface area contributed by atoms with Crippen LogP contribution in [0.3, 0.4) is 0 Å². The van der Waals surface area contributed by atoms with Gasteiger partial charge in [0.1, 0.15) is 5.82 Å². The molecule has 0 fully saturated rings. The molecular weight excluding hydrogens is 251 g/mol. The van der Waals surface area contributed by atoms with Gasteiger partial charge in [-0.05, 0) is 13.0 Å². The van der Waals surface area contributed by atoms with E-state index in [9.17, 15) is 0 Å². The molecular formula is C8H8Cl2N6. The molecule has 0 spiro atoms. The number of hydrogen-bond donors (Lipinski definition) is 2. The van der Waals surface area contributed by atoms with Crippen LogP contribution in [0, 0.1) is 0 Å². The molecule has 0 aliphatic heterocycles. The van der Waals surface area contributed by atoms with Crippen molar-refractivity contribution in [2.75, 3.05) is 5.32 Å². The summed E-state index contributed by atoms with van der Waals surface area (Å²) in [5.41, 5.74) is 0. The normalized spacial score (nSPS) is 12.4. The van der Waals surface area contributed by atoms with Gasteiger partial charge in [-0.3, -0.25) is 0 Å². The number of H-pyrrole nitrogens is 1. The maximum Gasteiger partial charge on any atom is 0.196 e. The minimum absolute atomic E-state index is 0.148. The van der Waals surface area contributed by atoms with Gasteiger partial charge in [-0.2, -0.15) is 5.21 Å². The molecule has 16 heavy (non-hydrogen) atoms. The molecule has 0 aliphatic rings. The lowest BCUT2D eigenvalue weighted by molar-refractivity contribution is 0.788. The summed E-state index contributed by atoms with van der Waals surface area (Å²) in [6, 6.07) is 1.46. The summed E-state index contributed by atoms with van der Waals surface area (Å²) >= 11 is 11.7. The van der Waals surface area contributed by atoms with Gasteiger partial charge in [-0.25, -0.2) is 4.98 Å². The van der Waals surface area contributed by atoms with Crippen LogP contribution in [-0.4, -0.2) is 25.6 Å². The predicted molar refractivity (Wildman–Crippen MR) is 60.5 cm³/mol. The SMILES string of the molecule is CC(Nc1ncc(Cl)cc1Cl)c1nn[nH]n1. The van der Waals surface area contributed by atoms with Crippen molar-refractivity contribution < 1.29 is 0 Å².